The van der Waals surface area contributed by atoms with Crippen molar-refractivity contribution in [2.75, 3.05) is 0 Å². The molecule has 0 aliphatic carbocycles. The fourth-order valence-electron chi connectivity index (χ4n) is 2.45. The van der Waals surface area contributed by atoms with Crippen LogP contribution in [0.3, 0.4) is 0 Å². The minimum absolute atomic E-state index is 0.157. The number of carboxylic acid groups (broad SMARTS) is 1. The van der Waals surface area contributed by atoms with Gasteiger partial charge in [-0.25, -0.2) is 4.79 Å². The molecule has 0 aromatic rings. The van der Waals surface area contributed by atoms with Gasteiger partial charge in [0.2, 0.25) is 29.5 Å². The molecular formula is C15H23N5O7. The van der Waals surface area contributed by atoms with Crippen LogP contribution in [0.1, 0.15) is 38.5 Å². The Morgan fingerprint density at radius 2 is 1.59 bits per heavy atom. The normalized spacial score (nSPS) is 18.1. The van der Waals surface area contributed by atoms with Crippen LogP contribution in [-0.4, -0.2) is 58.7 Å². The van der Waals surface area contributed by atoms with Gasteiger partial charge in [0.05, 0.1) is 0 Å². The first-order valence-corrected chi connectivity index (χ1v) is 8.29. The molecule has 0 saturated carbocycles. The van der Waals surface area contributed by atoms with Crippen molar-refractivity contribution in [2.45, 2.75) is 56.7 Å². The van der Waals surface area contributed by atoms with E-state index in [9.17, 15) is 28.8 Å². The van der Waals surface area contributed by atoms with Gasteiger partial charge in [0.1, 0.15) is 18.1 Å². The number of carbonyl (C=O) groups is 6. The molecule has 3 atom stereocenters. The third-order valence-corrected chi connectivity index (χ3v) is 3.92. The molecule has 1 aliphatic heterocycles. The number of carbonyl (C=O) groups excluding carboxylic acids is 5. The van der Waals surface area contributed by atoms with Gasteiger partial charge in [0, 0.05) is 19.3 Å². The maximum atomic E-state index is 12.4. The van der Waals surface area contributed by atoms with Crippen molar-refractivity contribution in [3.63, 3.8) is 0 Å². The maximum Gasteiger partial charge on any atom is 0.326 e. The number of amides is 5. The number of nitrogens with two attached hydrogens (primary N) is 2. The van der Waals surface area contributed by atoms with Crippen LogP contribution >= 0.6 is 0 Å². The highest BCUT2D eigenvalue weighted by Crippen LogP contribution is 2.08. The van der Waals surface area contributed by atoms with E-state index in [-0.39, 0.29) is 44.4 Å². The monoisotopic (exact) mass is 385 g/mol. The Balaban J connectivity index is 2.77. The molecule has 12 heteroatoms. The molecule has 0 aromatic carbocycles. The summed E-state index contributed by atoms with van der Waals surface area (Å²) >= 11 is 0. The van der Waals surface area contributed by atoms with Crippen molar-refractivity contribution < 1.29 is 33.9 Å². The number of primary amides is 2. The standard InChI is InChI=1S/C15H23N5O7/c16-10(21)4-1-8(19-13(24)7-3-6-12(23)18-7)14(25)20-9(15(26)27)2-5-11(17)22/h7-9H,1-6H2,(H2,16,21)(H2,17,22)(H,18,23)(H,19,24)(H,20,25)(H,26,27)/t7-,8-,9-/m0/s1. The summed E-state index contributed by atoms with van der Waals surface area (Å²) in [4.78, 5) is 68.8. The summed E-state index contributed by atoms with van der Waals surface area (Å²) in [6.07, 6.45) is -0.449. The minimum Gasteiger partial charge on any atom is -0.480 e. The van der Waals surface area contributed by atoms with Crippen LogP contribution in [0.2, 0.25) is 0 Å². The molecule has 0 unspecified atom stereocenters. The smallest absolute Gasteiger partial charge is 0.326 e. The molecule has 8 N–H and O–H groups in total. The Bertz CT molecular complexity index is 636. The lowest BCUT2D eigenvalue weighted by Gasteiger charge is -2.22. The zero-order valence-corrected chi connectivity index (χ0v) is 14.5. The van der Waals surface area contributed by atoms with Crippen molar-refractivity contribution >= 4 is 35.5 Å². The predicted octanol–water partition coefficient (Wildman–Crippen LogP) is -3.15. The van der Waals surface area contributed by atoms with Gasteiger partial charge in [-0.3, -0.25) is 24.0 Å². The van der Waals surface area contributed by atoms with Gasteiger partial charge in [-0.2, -0.15) is 0 Å². The van der Waals surface area contributed by atoms with E-state index in [1.54, 1.807) is 0 Å². The van der Waals surface area contributed by atoms with Crippen LogP contribution in [0, 0.1) is 0 Å². The molecule has 1 rings (SSSR count). The number of aliphatic carboxylic acids is 1. The molecule has 0 aromatic heterocycles. The van der Waals surface area contributed by atoms with Crippen LogP contribution in [0.5, 0.6) is 0 Å². The van der Waals surface area contributed by atoms with Crippen LogP contribution in [0.25, 0.3) is 0 Å². The number of rotatable bonds is 11. The average molecular weight is 385 g/mol. The zero-order valence-electron chi connectivity index (χ0n) is 14.5. The summed E-state index contributed by atoms with van der Waals surface area (Å²) in [5, 5.41) is 16.2. The molecule has 1 fully saturated rings. The highest BCUT2D eigenvalue weighted by atomic mass is 16.4. The van der Waals surface area contributed by atoms with E-state index in [2.05, 4.69) is 16.0 Å². The molecule has 0 radical (unpaired) electrons. The highest BCUT2D eigenvalue weighted by molar-refractivity contribution is 5.95. The summed E-state index contributed by atoms with van der Waals surface area (Å²) in [5.41, 5.74) is 10.0. The van der Waals surface area contributed by atoms with E-state index >= 15 is 0 Å². The predicted molar refractivity (Wildman–Crippen MR) is 89.5 cm³/mol. The van der Waals surface area contributed by atoms with E-state index < -0.39 is 47.7 Å². The zero-order chi connectivity index (χ0) is 20.6. The van der Waals surface area contributed by atoms with Gasteiger partial charge in [0.25, 0.3) is 0 Å². The molecule has 0 bridgehead atoms. The second-order valence-corrected chi connectivity index (χ2v) is 6.13. The number of nitrogens with one attached hydrogen (secondary N) is 3. The SMILES string of the molecule is NC(=O)CC[C@H](NC(=O)[C@H](CCC(N)=O)NC(=O)[C@@H]1CCC(=O)N1)C(=O)O. The van der Waals surface area contributed by atoms with Crippen molar-refractivity contribution in [1.82, 2.24) is 16.0 Å². The van der Waals surface area contributed by atoms with E-state index in [4.69, 9.17) is 16.6 Å². The lowest BCUT2D eigenvalue weighted by molar-refractivity contribution is -0.142. The van der Waals surface area contributed by atoms with Gasteiger partial charge in [0.15, 0.2) is 0 Å². The van der Waals surface area contributed by atoms with Gasteiger partial charge < -0.3 is 32.5 Å². The third kappa shape index (κ3) is 7.71. The van der Waals surface area contributed by atoms with Crippen LogP contribution in [0.15, 0.2) is 0 Å². The summed E-state index contributed by atoms with van der Waals surface area (Å²) in [7, 11) is 0. The Hall–Kier alpha value is -3.18. The second kappa shape index (κ2) is 10.1. The quantitative estimate of drug-likeness (QED) is 0.215. The summed E-state index contributed by atoms with van der Waals surface area (Å²) < 4.78 is 0. The largest absolute Gasteiger partial charge is 0.480 e. The van der Waals surface area contributed by atoms with Crippen molar-refractivity contribution in [1.29, 1.82) is 0 Å². The first-order valence-electron chi connectivity index (χ1n) is 8.29. The van der Waals surface area contributed by atoms with Crippen molar-refractivity contribution in [3.05, 3.63) is 0 Å². The Morgan fingerprint density at radius 3 is 2.04 bits per heavy atom. The molecule has 27 heavy (non-hydrogen) atoms. The lowest BCUT2D eigenvalue weighted by Crippen LogP contribution is -2.54. The first kappa shape index (κ1) is 21.9. The van der Waals surface area contributed by atoms with Crippen molar-refractivity contribution in [2.24, 2.45) is 11.5 Å². The van der Waals surface area contributed by atoms with Crippen LogP contribution < -0.4 is 27.4 Å². The molecule has 1 heterocycles. The Morgan fingerprint density at radius 1 is 1.04 bits per heavy atom. The fourth-order valence-corrected chi connectivity index (χ4v) is 2.45. The molecular weight excluding hydrogens is 362 g/mol. The molecule has 12 nitrogen and oxygen atoms in total. The topological polar surface area (TPSA) is 211 Å². The third-order valence-electron chi connectivity index (χ3n) is 3.92. The van der Waals surface area contributed by atoms with Crippen molar-refractivity contribution in [3.8, 4) is 0 Å². The van der Waals surface area contributed by atoms with E-state index in [0.717, 1.165) is 0 Å². The Labute approximate surface area is 154 Å². The minimum atomic E-state index is -1.40. The van der Waals surface area contributed by atoms with Gasteiger partial charge >= 0.3 is 5.97 Å². The number of carboxylic acids is 1. The average Bonchev–Trinajstić information content (AvgIpc) is 3.00. The maximum absolute atomic E-state index is 12.4. The molecule has 150 valence electrons. The van der Waals surface area contributed by atoms with Crippen LogP contribution in [0.4, 0.5) is 0 Å². The highest BCUT2D eigenvalue weighted by Gasteiger charge is 2.32. The van der Waals surface area contributed by atoms with Gasteiger partial charge in [-0.1, -0.05) is 0 Å². The van der Waals surface area contributed by atoms with E-state index in [1.165, 1.54) is 0 Å². The summed E-state index contributed by atoms with van der Waals surface area (Å²) in [5.74, 6) is -4.61. The number of hydrogen-bond donors (Lipinski definition) is 6. The first-order chi connectivity index (χ1) is 12.6. The van der Waals surface area contributed by atoms with E-state index in [0.29, 0.717) is 0 Å². The molecule has 1 aliphatic rings. The lowest BCUT2D eigenvalue weighted by atomic mass is 10.1. The molecule has 1 saturated heterocycles. The summed E-state index contributed by atoms with van der Waals surface area (Å²) in [6.45, 7) is 0. The molecule has 5 amide bonds. The Kier molecular flexibility index (Phi) is 8.17. The number of hydrogen-bond acceptors (Lipinski definition) is 6. The second-order valence-electron chi connectivity index (χ2n) is 6.13. The van der Waals surface area contributed by atoms with Crippen LogP contribution in [-0.2, 0) is 28.8 Å². The molecule has 0 spiro atoms. The van der Waals surface area contributed by atoms with Gasteiger partial charge in [-0.05, 0) is 19.3 Å². The fraction of sp³-hybridized carbons (Fsp3) is 0.600. The summed E-state index contributed by atoms with van der Waals surface area (Å²) in [6, 6.07) is -3.45. The van der Waals surface area contributed by atoms with E-state index in [1.807, 2.05) is 0 Å². The van der Waals surface area contributed by atoms with Gasteiger partial charge in [-0.15, -0.1) is 0 Å².